The summed E-state index contributed by atoms with van der Waals surface area (Å²) in [5, 5.41) is 1.08. The zero-order valence-corrected chi connectivity index (χ0v) is 27.5. The minimum Gasteiger partial charge on any atom is -0.493 e. The summed E-state index contributed by atoms with van der Waals surface area (Å²) < 4.78 is 22.9. The summed E-state index contributed by atoms with van der Waals surface area (Å²) in [7, 11) is 3.30. The first-order valence-corrected chi connectivity index (χ1v) is 17.3. The zero-order chi connectivity index (χ0) is 31.1. The van der Waals surface area contributed by atoms with Crippen molar-refractivity contribution >= 4 is 22.8 Å². The average molecular weight is 611 g/mol. The van der Waals surface area contributed by atoms with Crippen LogP contribution in [0.4, 0.5) is 0 Å². The van der Waals surface area contributed by atoms with Gasteiger partial charge in [0.05, 0.1) is 27.4 Å². The average Bonchev–Trinajstić information content (AvgIpc) is 3.35. The summed E-state index contributed by atoms with van der Waals surface area (Å²) in [6.45, 7) is 6.77. The fraction of sp³-hybridized carbons (Fsp3) is 0.722. The normalized spacial score (nSPS) is 25.4. The van der Waals surface area contributed by atoms with E-state index in [9.17, 15) is 9.59 Å². The Kier molecular flexibility index (Phi) is 11.2. The number of methoxy groups -OCH3 is 2. The van der Waals surface area contributed by atoms with Crippen molar-refractivity contribution in [2.75, 3.05) is 40.5 Å². The second-order valence-electron chi connectivity index (χ2n) is 13.3. The van der Waals surface area contributed by atoms with E-state index in [1.54, 1.807) is 14.2 Å². The highest BCUT2D eigenvalue weighted by Crippen LogP contribution is 2.56. The molecule has 4 bridgehead atoms. The van der Waals surface area contributed by atoms with Crippen molar-refractivity contribution < 1.29 is 28.5 Å². The molecule has 8 heteroatoms. The van der Waals surface area contributed by atoms with Crippen LogP contribution in [0, 0.1) is 11.8 Å². The van der Waals surface area contributed by atoms with Gasteiger partial charge in [0.2, 0.25) is 0 Å². The lowest BCUT2D eigenvalue weighted by atomic mass is 9.56. The zero-order valence-electron chi connectivity index (χ0n) is 27.5. The van der Waals surface area contributed by atoms with E-state index < -0.39 is 5.41 Å². The Labute approximate surface area is 263 Å². The number of hydrogen-bond donors (Lipinski definition) is 1. The molecule has 2 aromatic rings. The number of carbonyl (C=O) groups is 2. The number of aromatic nitrogens is 1. The third kappa shape index (κ3) is 6.61. The Bertz CT molecular complexity index is 1270. The van der Waals surface area contributed by atoms with Gasteiger partial charge in [0.15, 0.2) is 11.5 Å². The summed E-state index contributed by atoms with van der Waals surface area (Å²) in [5.41, 5.74) is 2.34. The molecule has 1 N–H and O–H groups in total. The van der Waals surface area contributed by atoms with Gasteiger partial charge < -0.3 is 23.9 Å². The summed E-state index contributed by atoms with van der Waals surface area (Å²) in [4.78, 5) is 33.0. The van der Waals surface area contributed by atoms with Gasteiger partial charge >= 0.3 is 11.9 Å². The lowest BCUT2D eigenvalue weighted by molar-refractivity contribution is -0.166. The Balaban J connectivity index is 1.27. The molecule has 4 aliphatic rings. The third-order valence-corrected chi connectivity index (χ3v) is 10.5. The predicted molar refractivity (Wildman–Crippen MR) is 172 cm³/mol. The Morgan fingerprint density at radius 3 is 2.36 bits per heavy atom. The van der Waals surface area contributed by atoms with E-state index in [-0.39, 0.29) is 23.9 Å². The van der Waals surface area contributed by atoms with Gasteiger partial charge in [0, 0.05) is 48.2 Å². The fourth-order valence-corrected chi connectivity index (χ4v) is 8.58. The minimum atomic E-state index is -0.784. The molecule has 1 saturated carbocycles. The molecule has 5 atom stereocenters. The number of carbonyl (C=O) groups excluding carboxylic acids is 2. The maximum absolute atomic E-state index is 14.1. The van der Waals surface area contributed by atoms with Gasteiger partial charge in [-0.3, -0.25) is 14.5 Å². The number of nitrogens with one attached hydrogen (secondary N) is 1. The fourth-order valence-electron chi connectivity index (χ4n) is 8.58. The molecule has 6 rings (SSSR count). The van der Waals surface area contributed by atoms with E-state index in [1.165, 1.54) is 50.5 Å². The quantitative estimate of drug-likeness (QED) is 0.151. The number of esters is 2. The van der Waals surface area contributed by atoms with Crippen molar-refractivity contribution in [2.45, 2.75) is 115 Å². The molecule has 0 amide bonds. The highest BCUT2D eigenvalue weighted by Gasteiger charge is 2.63. The molecule has 0 spiro atoms. The van der Waals surface area contributed by atoms with Crippen LogP contribution in [0.3, 0.4) is 0 Å². The summed E-state index contributed by atoms with van der Waals surface area (Å²) in [6, 6.07) is 4.02. The summed E-state index contributed by atoms with van der Waals surface area (Å²) in [5.74, 6) is 1.74. The van der Waals surface area contributed by atoms with Crippen molar-refractivity contribution in [3.63, 3.8) is 0 Å². The van der Waals surface area contributed by atoms with Gasteiger partial charge in [-0.2, -0.15) is 0 Å². The summed E-state index contributed by atoms with van der Waals surface area (Å²) >= 11 is 0. The predicted octanol–water partition coefficient (Wildman–Crippen LogP) is 7.11. The van der Waals surface area contributed by atoms with E-state index in [4.69, 9.17) is 18.9 Å². The first-order valence-electron chi connectivity index (χ1n) is 17.3. The second-order valence-corrected chi connectivity index (χ2v) is 13.3. The molecule has 1 aliphatic carbocycles. The highest BCUT2D eigenvalue weighted by molar-refractivity contribution is 5.93. The maximum Gasteiger partial charge on any atom is 0.319 e. The standard InChI is InChI=1S/C36H54N2O6/c1-5-7-8-9-10-11-12-13-14-15-32(39)44-19-17-26-20-25-23-36(35(40)43-6-2)33-27(16-18-38(24-25)34(26)36)28-21-30(41-3)31(42-4)22-29(28)37-33/h21-22,25-26,34,37H,5-20,23-24H2,1-4H3/t25-,26?,34?,36?/m0/s1. The van der Waals surface area contributed by atoms with Crippen LogP contribution in [0.15, 0.2) is 12.1 Å². The molecule has 2 saturated heterocycles. The second kappa shape index (κ2) is 15.0. The number of unbranched alkanes of at least 4 members (excludes halogenated alkanes) is 8. The molecular weight excluding hydrogens is 556 g/mol. The third-order valence-electron chi connectivity index (χ3n) is 10.5. The molecule has 0 radical (unpaired) electrons. The molecule has 44 heavy (non-hydrogen) atoms. The van der Waals surface area contributed by atoms with E-state index in [2.05, 4.69) is 16.8 Å². The van der Waals surface area contributed by atoms with Crippen LogP contribution < -0.4 is 9.47 Å². The van der Waals surface area contributed by atoms with Gasteiger partial charge in [-0.15, -0.1) is 0 Å². The van der Waals surface area contributed by atoms with Gasteiger partial charge in [-0.05, 0) is 62.5 Å². The first kappa shape index (κ1) is 32.6. The van der Waals surface area contributed by atoms with Crippen molar-refractivity contribution in [2.24, 2.45) is 11.8 Å². The Morgan fingerprint density at radius 1 is 0.955 bits per heavy atom. The lowest BCUT2D eigenvalue weighted by Crippen LogP contribution is -2.67. The van der Waals surface area contributed by atoms with Crippen molar-refractivity contribution in [1.82, 2.24) is 9.88 Å². The number of fused-ring (bicyclic) bond motifs is 4. The highest BCUT2D eigenvalue weighted by atomic mass is 16.5. The summed E-state index contributed by atoms with van der Waals surface area (Å²) in [6.07, 6.45) is 15.0. The Morgan fingerprint density at radius 2 is 1.66 bits per heavy atom. The molecule has 3 fully saturated rings. The van der Waals surface area contributed by atoms with Crippen LogP contribution in [-0.2, 0) is 30.9 Å². The molecule has 244 valence electrons. The molecule has 4 unspecified atom stereocenters. The topological polar surface area (TPSA) is 90.1 Å². The first-order chi connectivity index (χ1) is 21.5. The number of piperidine rings is 2. The molecule has 1 aromatic carbocycles. The van der Waals surface area contributed by atoms with Crippen molar-refractivity contribution in [1.29, 1.82) is 0 Å². The molecule has 1 aromatic heterocycles. The lowest BCUT2D eigenvalue weighted by Gasteiger charge is -2.58. The van der Waals surface area contributed by atoms with Gasteiger partial charge in [0.25, 0.3) is 0 Å². The maximum atomic E-state index is 14.1. The number of rotatable bonds is 17. The number of H-pyrrole nitrogens is 1. The van der Waals surface area contributed by atoms with Crippen LogP contribution >= 0.6 is 0 Å². The number of benzene rings is 1. The van der Waals surface area contributed by atoms with Gasteiger partial charge in [0.1, 0.15) is 5.41 Å². The van der Waals surface area contributed by atoms with Crippen LogP contribution in [0.5, 0.6) is 11.5 Å². The van der Waals surface area contributed by atoms with Crippen molar-refractivity contribution in [3.8, 4) is 11.5 Å². The SMILES string of the molecule is CCCCCCCCCCCC(=O)OCCC1C[C@@H]2CN3CCc4c([nH]c5cc(OC)c(OC)cc45)C(C(=O)OCC)(C2)C13. The number of hydrogen-bond acceptors (Lipinski definition) is 7. The van der Waals surface area contributed by atoms with Crippen LogP contribution in [0.25, 0.3) is 10.9 Å². The molecule has 4 heterocycles. The van der Waals surface area contributed by atoms with Gasteiger partial charge in [-0.1, -0.05) is 58.3 Å². The smallest absolute Gasteiger partial charge is 0.319 e. The monoisotopic (exact) mass is 610 g/mol. The minimum absolute atomic E-state index is 0.000631. The molecular formula is C36H54N2O6. The Hall–Kier alpha value is -2.74. The van der Waals surface area contributed by atoms with Crippen LogP contribution in [0.2, 0.25) is 0 Å². The number of aromatic amines is 1. The van der Waals surface area contributed by atoms with Gasteiger partial charge in [-0.25, -0.2) is 0 Å². The molecule has 8 nitrogen and oxygen atoms in total. The van der Waals surface area contributed by atoms with E-state index in [0.717, 1.165) is 68.2 Å². The van der Waals surface area contributed by atoms with Crippen LogP contribution in [-0.4, -0.2) is 68.4 Å². The molecule has 3 aliphatic heterocycles. The van der Waals surface area contributed by atoms with E-state index >= 15 is 0 Å². The number of ether oxygens (including phenoxy) is 4. The van der Waals surface area contributed by atoms with E-state index in [1.807, 2.05) is 19.1 Å². The van der Waals surface area contributed by atoms with Crippen LogP contribution in [0.1, 0.15) is 109 Å². The number of nitrogens with zero attached hydrogens (tertiary/aromatic N) is 1. The van der Waals surface area contributed by atoms with E-state index in [0.29, 0.717) is 37.1 Å². The van der Waals surface area contributed by atoms with Crippen molar-refractivity contribution in [3.05, 3.63) is 23.4 Å². The largest absolute Gasteiger partial charge is 0.493 e.